The van der Waals surface area contributed by atoms with Gasteiger partial charge in [0.1, 0.15) is 0 Å². The molecule has 0 bridgehead atoms. The highest BCUT2D eigenvalue weighted by atomic mass is 35.5. The predicted octanol–water partition coefficient (Wildman–Crippen LogP) is 11.9. The summed E-state index contributed by atoms with van der Waals surface area (Å²) >= 11 is 7.29. The van der Waals surface area contributed by atoms with Crippen LogP contribution in [0.4, 0.5) is 34.1 Å². The lowest BCUT2D eigenvalue weighted by atomic mass is 9.86. The lowest BCUT2D eigenvalue weighted by Crippen LogP contribution is -2.77. The van der Waals surface area contributed by atoms with Gasteiger partial charge >= 0.3 is 0 Å². The molecule has 0 amide bonds. The molecule has 0 N–H and O–H groups in total. The Bertz CT molecular complexity index is 2310. The first-order chi connectivity index (χ1) is 26.4. The Kier molecular flexibility index (Phi) is 9.36. The van der Waals surface area contributed by atoms with Crippen LogP contribution in [0.25, 0.3) is 0 Å². The molecule has 55 heavy (non-hydrogen) atoms. The molecule has 8 rings (SSSR count). The van der Waals surface area contributed by atoms with E-state index in [-0.39, 0.29) is 10.8 Å². The summed E-state index contributed by atoms with van der Waals surface area (Å²) in [7, 11) is -2.75. The lowest BCUT2D eigenvalue weighted by molar-refractivity contribution is 0.590. The highest BCUT2D eigenvalue weighted by molar-refractivity contribution is 7.21. The van der Waals surface area contributed by atoms with Gasteiger partial charge in [0.05, 0.1) is 11.4 Å². The van der Waals surface area contributed by atoms with Crippen LogP contribution in [0.1, 0.15) is 58.2 Å². The average molecular weight is 754 g/mol. The van der Waals surface area contributed by atoms with Crippen molar-refractivity contribution in [3.8, 4) is 0 Å². The van der Waals surface area contributed by atoms with Gasteiger partial charge in [0.2, 0.25) is 0 Å². The van der Waals surface area contributed by atoms with Gasteiger partial charge in [-0.3, -0.25) is 0 Å². The van der Waals surface area contributed by atoms with E-state index in [1.165, 1.54) is 43.2 Å². The minimum absolute atomic E-state index is 0.0456. The third kappa shape index (κ3) is 6.40. The topological polar surface area (TPSA) is 6.48 Å². The van der Waals surface area contributed by atoms with Crippen LogP contribution >= 0.6 is 11.6 Å². The van der Waals surface area contributed by atoms with Crippen LogP contribution in [-0.2, 0) is 10.8 Å². The summed E-state index contributed by atoms with van der Waals surface area (Å²) in [5.74, 6) is 0. The fraction of sp³-hybridized carbons (Fsp3) is 0.176. The zero-order valence-electron chi connectivity index (χ0n) is 32.9. The van der Waals surface area contributed by atoms with Gasteiger partial charge in [-0.2, -0.15) is 0 Å². The number of para-hydroxylation sites is 2. The summed E-state index contributed by atoms with van der Waals surface area (Å²) in [5.41, 5.74) is 10.5. The van der Waals surface area contributed by atoms with Crippen LogP contribution in [0.2, 0.25) is 5.02 Å². The zero-order chi connectivity index (χ0) is 38.5. The second-order valence-corrected chi connectivity index (χ2v) is 21.0. The Labute approximate surface area is 333 Å². The molecule has 7 aromatic rings. The van der Waals surface area contributed by atoms with Gasteiger partial charge in [0.15, 0.2) is 8.07 Å². The van der Waals surface area contributed by atoms with Crippen LogP contribution in [0.3, 0.4) is 0 Å². The van der Waals surface area contributed by atoms with Crippen molar-refractivity contribution >= 4 is 74.5 Å². The van der Waals surface area contributed by atoms with Gasteiger partial charge in [0.25, 0.3) is 0 Å². The van der Waals surface area contributed by atoms with Crippen LogP contribution in [0, 0.1) is 6.92 Å². The molecule has 0 saturated carbocycles. The third-order valence-corrected chi connectivity index (χ3v) is 16.4. The number of rotatable bonds is 6. The molecule has 0 spiro atoms. The van der Waals surface area contributed by atoms with E-state index in [4.69, 9.17) is 11.6 Å². The number of anilines is 6. The first-order valence-corrected chi connectivity index (χ1v) is 21.7. The summed E-state index contributed by atoms with van der Waals surface area (Å²) in [6, 6.07) is 62.8. The molecule has 1 aliphatic heterocycles. The van der Waals surface area contributed by atoms with Gasteiger partial charge < -0.3 is 9.80 Å². The van der Waals surface area contributed by atoms with Gasteiger partial charge in [-0.1, -0.05) is 174 Å². The third-order valence-electron chi connectivity index (χ3n) is 11.3. The van der Waals surface area contributed by atoms with Crippen molar-refractivity contribution in [2.75, 3.05) is 9.80 Å². The Hall–Kier alpha value is -5.35. The van der Waals surface area contributed by atoms with Crippen molar-refractivity contribution in [1.29, 1.82) is 0 Å². The average Bonchev–Trinajstić information content (AvgIpc) is 3.19. The smallest absolute Gasteiger partial charge is 0.184 e. The number of fused-ring (bicyclic) bond motifs is 2. The second-order valence-electron chi connectivity index (χ2n) is 16.8. The molecular formula is C51H49ClN2Si. The zero-order valence-corrected chi connectivity index (χ0v) is 34.7. The van der Waals surface area contributed by atoms with E-state index < -0.39 is 8.07 Å². The van der Waals surface area contributed by atoms with E-state index in [9.17, 15) is 0 Å². The monoisotopic (exact) mass is 752 g/mol. The molecule has 0 aliphatic carbocycles. The van der Waals surface area contributed by atoms with Crippen LogP contribution in [-0.4, -0.2) is 8.07 Å². The van der Waals surface area contributed by atoms with E-state index in [1.54, 1.807) is 0 Å². The Morgan fingerprint density at radius 1 is 0.473 bits per heavy atom. The molecule has 0 aromatic heterocycles. The second kappa shape index (κ2) is 14.1. The number of hydrogen-bond donors (Lipinski definition) is 0. The standard InChI is InChI=1S/C51H49ClN2Si/c1-36-46(53(40-30-26-37(27-31-40)50(2,3)4)41-32-28-38(29-33-41)51(5,6)7)34-39(52)35-47(36)54-44-22-14-16-24-48(44)55(42-18-10-8-11-19-42,43-20-12-9-13-21-43)49-25-17-15-23-45(49)54/h8-35H,1-7H3. The molecule has 4 heteroatoms. The van der Waals surface area contributed by atoms with Crippen molar-refractivity contribution in [3.05, 3.63) is 192 Å². The molecule has 1 aliphatic rings. The Morgan fingerprint density at radius 3 is 1.29 bits per heavy atom. The van der Waals surface area contributed by atoms with Gasteiger partial charge in [-0.05, 0) is 104 Å². The summed E-state index contributed by atoms with van der Waals surface area (Å²) in [6.07, 6.45) is 0. The molecule has 1 heterocycles. The molecule has 7 aromatic carbocycles. The highest BCUT2D eigenvalue weighted by Crippen LogP contribution is 2.47. The van der Waals surface area contributed by atoms with Crippen molar-refractivity contribution in [2.45, 2.75) is 59.3 Å². The lowest BCUT2D eigenvalue weighted by Gasteiger charge is -2.45. The maximum Gasteiger partial charge on any atom is 0.184 e. The van der Waals surface area contributed by atoms with Gasteiger partial charge in [0, 0.05) is 27.8 Å². The van der Waals surface area contributed by atoms with Crippen molar-refractivity contribution < 1.29 is 0 Å². The number of hydrogen-bond acceptors (Lipinski definition) is 2. The number of benzene rings is 7. The minimum atomic E-state index is -2.75. The van der Waals surface area contributed by atoms with E-state index in [0.29, 0.717) is 5.02 Å². The first kappa shape index (κ1) is 36.6. The largest absolute Gasteiger partial charge is 0.310 e. The summed E-state index contributed by atoms with van der Waals surface area (Å²) in [6.45, 7) is 15.8. The number of halogens is 1. The van der Waals surface area contributed by atoms with Gasteiger partial charge in [-0.15, -0.1) is 0 Å². The minimum Gasteiger partial charge on any atom is -0.310 e. The number of nitrogens with zero attached hydrogens (tertiary/aromatic N) is 2. The molecule has 2 nitrogen and oxygen atoms in total. The molecule has 0 atom stereocenters. The summed E-state index contributed by atoms with van der Waals surface area (Å²) < 4.78 is 0. The van der Waals surface area contributed by atoms with E-state index in [1.807, 2.05) is 0 Å². The molecular weight excluding hydrogens is 704 g/mol. The first-order valence-electron chi connectivity index (χ1n) is 19.3. The van der Waals surface area contributed by atoms with Crippen LogP contribution in [0.15, 0.2) is 170 Å². The molecule has 0 unspecified atom stereocenters. The fourth-order valence-corrected chi connectivity index (χ4v) is 13.7. The van der Waals surface area contributed by atoms with Crippen LogP contribution < -0.4 is 30.5 Å². The summed E-state index contributed by atoms with van der Waals surface area (Å²) in [5, 5.41) is 6.15. The molecule has 274 valence electrons. The molecule has 0 saturated heterocycles. The quantitative estimate of drug-likeness (QED) is 0.156. The van der Waals surface area contributed by atoms with E-state index in [2.05, 4.69) is 228 Å². The summed E-state index contributed by atoms with van der Waals surface area (Å²) in [4.78, 5) is 4.84. The van der Waals surface area contributed by atoms with Crippen molar-refractivity contribution in [3.63, 3.8) is 0 Å². The Balaban J connectivity index is 1.38. The molecule has 0 radical (unpaired) electrons. The predicted molar refractivity (Wildman–Crippen MR) is 240 cm³/mol. The van der Waals surface area contributed by atoms with Crippen molar-refractivity contribution in [2.24, 2.45) is 0 Å². The van der Waals surface area contributed by atoms with E-state index in [0.717, 1.165) is 28.3 Å². The van der Waals surface area contributed by atoms with E-state index >= 15 is 0 Å². The maximum atomic E-state index is 7.29. The van der Waals surface area contributed by atoms with Crippen LogP contribution in [0.5, 0.6) is 0 Å². The molecule has 0 fully saturated rings. The normalized spacial score (nSPS) is 13.6. The van der Waals surface area contributed by atoms with Crippen molar-refractivity contribution in [1.82, 2.24) is 0 Å². The maximum absolute atomic E-state index is 7.29. The fourth-order valence-electron chi connectivity index (χ4n) is 8.43. The SMILES string of the molecule is Cc1c(N(c2ccc(C(C)(C)C)cc2)c2ccc(C(C)(C)C)cc2)cc(Cl)cc1N1c2ccccc2[Si](c2ccccc2)(c2ccccc2)c2ccccc21. The Morgan fingerprint density at radius 2 is 0.873 bits per heavy atom. The van der Waals surface area contributed by atoms with Gasteiger partial charge in [-0.25, -0.2) is 0 Å². The highest BCUT2D eigenvalue weighted by Gasteiger charge is 2.48.